The zero-order chi connectivity index (χ0) is 30.4. The lowest BCUT2D eigenvalue weighted by molar-refractivity contribution is -0.172. The minimum Gasteiger partial charge on any atom is -0.480 e. The van der Waals surface area contributed by atoms with E-state index in [1.165, 1.54) is 31.6 Å². The van der Waals surface area contributed by atoms with Crippen molar-refractivity contribution in [2.75, 3.05) is 49.4 Å². The molecule has 4 aliphatic rings. The summed E-state index contributed by atoms with van der Waals surface area (Å²) in [5.74, 6) is -2.62. The largest absolute Gasteiger partial charge is 0.480 e. The number of hydrogen-bond acceptors (Lipinski definition) is 8. The van der Waals surface area contributed by atoms with Gasteiger partial charge in [-0.3, -0.25) is 14.5 Å². The van der Waals surface area contributed by atoms with Gasteiger partial charge < -0.3 is 25.4 Å². The van der Waals surface area contributed by atoms with Gasteiger partial charge in [0.25, 0.3) is 11.8 Å². The predicted molar refractivity (Wildman–Crippen MR) is 148 cm³/mol. The summed E-state index contributed by atoms with van der Waals surface area (Å²) < 4.78 is 64.0. The molecule has 0 atom stereocenters. The quantitative estimate of drug-likeness (QED) is 0.322. The van der Waals surface area contributed by atoms with Crippen LogP contribution in [-0.4, -0.2) is 71.2 Å². The fourth-order valence-electron chi connectivity index (χ4n) is 6.31. The van der Waals surface area contributed by atoms with Crippen LogP contribution in [0, 0.1) is 5.82 Å². The van der Waals surface area contributed by atoms with Gasteiger partial charge in [-0.15, -0.1) is 0 Å². The summed E-state index contributed by atoms with van der Waals surface area (Å²) >= 11 is 0. The third-order valence-electron chi connectivity index (χ3n) is 8.25. The summed E-state index contributed by atoms with van der Waals surface area (Å²) in [6.07, 6.45) is -0.955. The van der Waals surface area contributed by atoms with E-state index in [1.807, 2.05) is 0 Å². The SMILES string of the molecule is COc1ncnc(NC23CC(N4CCOCC4)(C2)C3)c1C(=O)Nc1ccccc1C(=O)Nc1ccc(F)c(C(F)(F)F)c1. The lowest BCUT2D eigenvalue weighted by atomic mass is 9.43. The molecule has 0 unspecified atom stereocenters. The van der Waals surface area contributed by atoms with Crippen molar-refractivity contribution in [2.45, 2.75) is 36.5 Å². The van der Waals surface area contributed by atoms with E-state index in [4.69, 9.17) is 9.47 Å². The van der Waals surface area contributed by atoms with Crippen LogP contribution in [0.25, 0.3) is 0 Å². The van der Waals surface area contributed by atoms with Crippen LogP contribution >= 0.6 is 0 Å². The van der Waals surface area contributed by atoms with E-state index in [2.05, 4.69) is 30.8 Å². The van der Waals surface area contributed by atoms with Gasteiger partial charge in [-0.05, 0) is 49.6 Å². The molecule has 3 aliphatic carbocycles. The summed E-state index contributed by atoms with van der Waals surface area (Å²) in [7, 11) is 1.37. The van der Waals surface area contributed by atoms with E-state index in [0.717, 1.165) is 38.4 Å². The first-order chi connectivity index (χ1) is 20.5. The molecule has 43 heavy (non-hydrogen) atoms. The van der Waals surface area contributed by atoms with Crippen LogP contribution in [0.5, 0.6) is 5.88 Å². The van der Waals surface area contributed by atoms with Crippen LogP contribution in [0.1, 0.15) is 45.5 Å². The topological polar surface area (TPSA) is 118 Å². The van der Waals surface area contributed by atoms with Crippen LogP contribution in [-0.2, 0) is 10.9 Å². The van der Waals surface area contributed by atoms with Crippen molar-refractivity contribution < 1.29 is 36.6 Å². The molecule has 14 heteroatoms. The number of nitrogens with zero attached hydrogens (tertiary/aromatic N) is 3. The first-order valence-electron chi connectivity index (χ1n) is 13.6. The average molecular weight is 601 g/mol. The van der Waals surface area contributed by atoms with Crippen molar-refractivity contribution in [1.29, 1.82) is 0 Å². The number of anilines is 3. The van der Waals surface area contributed by atoms with E-state index in [-0.39, 0.29) is 45.3 Å². The molecule has 226 valence electrons. The monoisotopic (exact) mass is 600 g/mol. The molecule has 2 aromatic carbocycles. The first-order valence-corrected chi connectivity index (χ1v) is 13.6. The Labute approximate surface area is 243 Å². The molecule has 3 aromatic rings. The van der Waals surface area contributed by atoms with Gasteiger partial charge in [0.05, 0.1) is 37.1 Å². The van der Waals surface area contributed by atoms with E-state index in [9.17, 15) is 27.2 Å². The van der Waals surface area contributed by atoms with Gasteiger partial charge in [-0.25, -0.2) is 14.4 Å². The van der Waals surface area contributed by atoms with Gasteiger partial charge in [-0.1, -0.05) is 12.1 Å². The lowest BCUT2D eigenvalue weighted by Crippen LogP contribution is -2.82. The van der Waals surface area contributed by atoms with Crippen molar-refractivity contribution in [2.24, 2.45) is 0 Å². The Morgan fingerprint density at radius 2 is 1.72 bits per heavy atom. The van der Waals surface area contributed by atoms with E-state index in [1.54, 1.807) is 6.07 Å². The maximum absolute atomic E-state index is 13.7. The molecule has 0 radical (unpaired) electrons. The number of methoxy groups -OCH3 is 1. The molecule has 1 aromatic heterocycles. The molecule has 7 rings (SSSR count). The zero-order valence-corrected chi connectivity index (χ0v) is 23.1. The fourth-order valence-corrected chi connectivity index (χ4v) is 6.31. The molecule has 1 saturated heterocycles. The van der Waals surface area contributed by atoms with Crippen LogP contribution in [0.3, 0.4) is 0 Å². The summed E-state index contributed by atoms with van der Waals surface area (Å²) in [6.45, 7) is 3.21. The standard InChI is InChI=1S/C29H28F4N6O4/c1-42-26-22(23(34-16-35-26)38-27-13-28(14-27,15-27)39-8-10-43-11-9-39)25(41)37-21-5-3-2-4-18(21)24(40)36-17-6-7-20(30)19(12-17)29(31,32)33/h2-7,12,16H,8-11,13-15H2,1H3,(H,36,40)(H,37,41)(H,34,35,38). The second kappa shape index (κ2) is 10.8. The minimum absolute atomic E-state index is 0.0254. The minimum atomic E-state index is -4.94. The predicted octanol–water partition coefficient (Wildman–Crippen LogP) is 4.57. The Morgan fingerprint density at radius 3 is 2.42 bits per heavy atom. The molecule has 3 N–H and O–H groups in total. The Kier molecular flexibility index (Phi) is 7.21. The van der Waals surface area contributed by atoms with Crippen molar-refractivity contribution in [3.8, 4) is 5.88 Å². The number of hydrogen-bond donors (Lipinski definition) is 3. The Bertz CT molecular complexity index is 1560. The highest BCUT2D eigenvalue weighted by Gasteiger charge is 2.70. The lowest BCUT2D eigenvalue weighted by Gasteiger charge is -2.74. The molecule has 2 heterocycles. The Hall–Kier alpha value is -4.30. The molecule has 1 aliphatic heterocycles. The van der Waals surface area contributed by atoms with Gasteiger partial charge in [-0.2, -0.15) is 13.2 Å². The van der Waals surface area contributed by atoms with Gasteiger partial charge >= 0.3 is 6.18 Å². The number of aromatic nitrogens is 2. The number of alkyl halides is 3. The van der Waals surface area contributed by atoms with Gasteiger partial charge in [0.1, 0.15) is 23.5 Å². The molecule has 10 nitrogen and oxygen atoms in total. The maximum Gasteiger partial charge on any atom is 0.419 e. The maximum atomic E-state index is 13.7. The first kappa shape index (κ1) is 28.8. The molecule has 4 fully saturated rings. The summed E-state index contributed by atoms with van der Waals surface area (Å²) in [4.78, 5) is 37.6. The molecule has 3 saturated carbocycles. The summed E-state index contributed by atoms with van der Waals surface area (Å²) in [6, 6.07) is 8.12. The van der Waals surface area contributed by atoms with Crippen LogP contribution in [0.4, 0.5) is 34.8 Å². The number of carbonyl (C=O) groups is 2. The van der Waals surface area contributed by atoms with Gasteiger partial charge in [0, 0.05) is 29.9 Å². The van der Waals surface area contributed by atoms with Crippen molar-refractivity contribution in [3.05, 3.63) is 71.3 Å². The van der Waals surface area contributed by atoms with E-state index >= 15 is 0 Å². The number of halogens is 4. The van der Waals surface area contributed by atoms with Crippen LogP contribution < -0.4 is 20.7 Å². The van der Waals surface area contributed by atoms with Crippen molar-refractivity contribution >= 4 is 29.0 Å². The van der Waals surface area contributed by atoms with Crippen LogP contribution in [0.2, 0.25) is 0 Å². The number of amides is 2. The second-order valence-corrected chi connectivity index (χ2v) is 11.0. The highest BCUT2D eigenvalue weighted by atomic mass is 19.4. The number of ether oxygens (including phenoxy) is 2. The molecule has 2 amide bonds. The molecule has 2 bridgehead atoms. The number of nitrogens with one attached hydrogen (secondary N) is 3. The third kappa shape index (κ3) is 5.36. The normalized spacial score (nSPS) is 23.0. The van der Waals surface area contributed by atoms with Crippen LogP contribution in [0.15, 0.2) is 48.8 Å². The second-order valence-electron chi connectivity index (χ2n) is 11.0. The van der Waals surface area contributed by atoms with Crippen molar-refractivity contribution in [3.63, 3.8) is 0 Å². The Balaban J connectivity index is 1.20. The summed E-state index contributed by atoms with van der Waals surface area (Å²) in [5, 5.41) is 8.46. The third-order valence-corrected chi connectivity index (χ3v) is 8.25. The number of para-hydroxylation sites is 1. The molecular weight excluding hydrogens is 572 g/mol. The highest BCUT2D eigenvalue weighted by Crippen LogP contribution is 2.65. The average Bonchev–Trinajstić information content (AvgIpc) is 2.95. The molecular formula is C29H28F4N6O4. The Morgan fingerprint density at radius 1 is 1.00 bits per heavy atom. The van der Waals surface area contributed by atoms with E-state index in [0.29, 0.717) is 25.3 Å². The number of benzene rings is 2. The summed E-state index contributed by atoms with van der Waals surface area (Å²) in [5.41, 5.74) is -1.77. The number of morpholine rings is 1. The molecule has 0 spiro atoms. The highest BCUT2D eigenvalue weighted by molar-refractivity contribution is 6.14. The van der Waals surface area contributed by atoms with Gasteiger partial charge in [0.2, 0.25) is 5.88 Å². The van der Waals surface area contributed by atoms with E-state index < -0.39 is 29.4 Å². The smallest absolute Gasteiger partial charge is 0.419 e. The number of rotatable bonds is 8. The fraction of sp³-hybridized carbons (Fsp3) is 0.379. The number of carbonyl (C=O) groups excluding carboxylic acids is 2. The van der Waals surface area contributed by atoms with Crippen molar-refractivity contribution in [1.82, 2.24) is 14.9 Å². The zero-order valence-electron chi connectivity index (χ0n) is 23.1. The van der Waals surface area contributed by atoms with Gasteiger partial charge in [0.15, 0.2) is 0 Å².